The Kier molecular flexibility index (Phi) is 7.30. The van der Waals surface area contributed by atoms with Gasteiger partial charge in [0.15, 0.2) is 0 Å². The number of hydrogen-bond acceptors (Lipinski definition) is 3. The van der Waals surface area contributed by atoms with E-state index in [1.165, 1.54) is 6.42 Å². The van der Waals surface area contributed by atoms with Crippen LogP contribution in [0.25, 0.3) is 0 Å². The van der Waals surface area contributed by atoms with Gasteiger partial charge in [-0.3, -0.25) is 0 Å². The minimum absolute atomic E-state index is 0.169. The van der Waals surface area contributed by atoms with Crippen molar-refractivity contribution in [1.29, 1.82) is 0 Å². The lowest BCUT2D eigenvalue weighted by Gasteiger charge is -2.30. The van der Waals surface area contributed by atoms with Gasteiger partial charge in [0.2, 0.25) is 0 Å². The number of rotatable bonds is 6. The first-order valence-corrected chi connectivity index (χ1v) is 9.55. The Balaban J connectivity index is 1.92. The van der Waals surface area contributed by atoms with E-state index in [0.29, 0.717) is 19.0 Å². The molecule has 0 aliphatic heterocycles. The first-order valence-electron chi connectivity index (χ1n) is 9.55. The highest BCUT2D eigenvalue weighted by Crippen LogP contribution is 2.28. The van der Waals surface area contributed by atoms with Crippen LogP contribution in [0.5, 0.6) is 0 Å². The summed E-state index contributed by atoms with van der Waals surface area (Å²) >= 11 is 0. The summed E-state index contributed by atoms with van der Waals surface area (Å²) in [6.07, 6.45) is 5.80. The molecule has 2 atom stereocenters. The fourth-order valence-corrected chi connectivity index (χ4v) is 3.43. The lowest BCUT2D eigenvalue weighted by molar-refractivity contribution is 0.0215. The number of benzene rings is 1. The van der Waals surface area contributed by atoms with Crippen molar-refractivity contribution in [3.05, 3.63) is 35.9 Å². The van der Waals surface area contributed by atoms with E-state index in [-0.39, 0.29) is 12.2 Å². The van der Waals surface area contributed by atoms with E-state index in [4.69, 9.17) is 4.74 Å². The fraction of sp³-hybridized carbons (Fsp3) is 0.667. The van der Waals surface area contributed by atoms with Crippen LogP contribution in [0.2, 0.25) is 0 Å². The third-order valence-electron chi connectivity index (χ3n) is 4.74. The molecule has 0 aromatic heterocycles. The van der Waals surface area contributed by atoms with Crippen LogP contribution < -0.4 is 0 Å². The molecule has 1 aliphatic rings. The molecule has 0 spiro atoms. The highest BCUT2D eigenvalue weighted by molar-refractivity contribution is 5.68. The average Bonchev–Trinajstić information content (AvgIpc) is 2.55. The van der Waals surface area contributed by atoms with Crippen molar-refractivity contribution >= 4 is 6.09 Å². The third kappa shape index (κ3) is 7.07. The molecule has 140 valence electrons. The maximum Gasteiger partial charge on any atom is 0.410 e. The average molecular weight is 347 g/mol. The Bertz CT molecular complexity index is 524. The second kappa shape index (κ2) is 9.23. The van der Waals surface area contributed by atoms with Crippen molar-refractivity contribution in [1.82, 2.24) is 4.90 Å². The molecule has 1 amide bonds. The van der Waals surface area contributed by atoms with Crippen LogP contribution in [0, 0.1) is 5.92 Å². The zero-order valence-electron chi connectivity index (χ0n) is 15.9. The summed E-state index contributed by atoms with van der Waals surface area (Å²) in [5, 5.41) is 10.1. The molecule has 0 bridgehead atoms. The predicted octanol–water partition coefficient (Wildman–Crippen LogP) is 4.76. The summed E-state index contributed by atoms with van der Waals surface area (Å²) in [5.74, 6) is 0.381. The van der Waals surface area contributed by atoms with Crippen molar-refractivity contribution in [3.63, 3.8) is 0 Å². The van der Waals surface area contributed by atoms with Gasteiger partial charge in [-0.15, -0.1) is 0 Å². The summed E-state index contributed by atoms with van der Waals surface area (Å²) in [5.41, 5.74) is 0.608. The van der Waals surface area contributed by atoms with Crippen LogP contribution in [0.4, 0.5) is 4.79 Å². The van der Waals surface area contributed by atoms with Gasteiger partial charge >= 0.3 is 6.09 Å². The van der Waals surface area contributed by atoms with Crippen molar-refractivity contribution in [2.45, 2.75) is 77.5 Å². The molecule has 0 unspecified atom stereocenters. The van der Waals surface area contributed by atoms with Gasteiger partial charge in [0.1, 0.15) is 5.60 Å². The van der Waals surface area contributed by atoms with Crippen molar-refractivity contribution in [3.8, 4) is 0 Å². The molecule has 1 aliphatic carbocycles. The second-order valence-electron chi connectivity index (χ2n) is 8.14. The normalized spacial score (nSPS) is 21.0. The number of carbonyl (C=O) groups excluding carboxylic acids is 1. The number of aliphatic hydroxyl groups is 1. The van der Waals surface area contributed by atoms with Crippen LogP contribution >= 0.6 is 0 Å². The van der Waals surface area contributed by atoms with E-state index in [0.717, 1.165) is 37.7 Å². The van der Waals surface area contributed by atoms with E-state index in [1.54, 1.807) is 4.90 Å². The van der Waals surface area contributed by atoms with Gasteiger partial charge in [-0.05, 0) is 57.9 Å². The Hall–Kier alpha value is -1.55. The molecule has 25 heavy (non-hydrogen) atoms. The van der Waals surface area contributed by atoms with Crippen LogP contribution in [-0.4, -0.2) is 34.3 Å². The van der Waals surface area contributed by atoms with Gasteiger partial charge in [0.05, 0.1) is 6.10 Å². The predicted molar refractivity (Wildman–Crippen MR) is 100 cm³/mol. The zero-order valence-corrected chi connectivity index (χ0v) is 15.9. The Labute approximate surface area is 152 Å². The number of nitrogens with zero attached hydrogens (tertiary/aromatic N) is 1. The Morgan fingerprint density at radius 2 is 1.88 bits per heavy atom. The molecule has 1 saturated carbocycles. The number of aliphatic hydroxyl groups excluding tert-OH is 1. The fourth-order valence-electron chi connectivity index (χ4n) is 3.43. The summed E-state index contributed by atoms with van der Waals surface area (Å²) in [7, 11) is 0. The molecule has 4 heteroatoms. The highest BCUT2D eigenvalue weighted by atomic mass is 16.6. The van der Waals surface area contributed by atoms with Crippen LogP contribution in [0.3, 0.4) is 0 Å². The van der Waals surface area contributed by atoms with Crippen molar-refractivity contribution < 1.29 is 14.6 Å². The Morgan fingerprint density at radius 1 is 1.20 bits per heavy atom. The van der Waals surface area contributed by atoms with Gasteiger partial charge in [-0.2, -0.15) is 0 Å². The lowest BCUT2D eigenvalue weighted by Crippen LogP contribution is -2.37. The van der Waals surface area contributed by atoms with Gasteiger partial charge in [-0.25, -0.2) is 4.79 Å². The van der Waals surface area contributed by atoms with Crippen molar-refractivity contribution in [2.24, 2.45) is 5.92 Å². The van der Waals surface area contributed by atoms with E-state index in [9.17, 15) is 9.90 Å². The molecule has 1 N–H and O–H groups in total. The number of hydrogen-bond donors (Lipinski definition) is 1. The second-order valence-corrected chi connectivity index (χ2v) is 8.14. The largest absolute Gasteiger partial charge is 0.444 e. The molecular weight excluding hydrogens is 314 g/mol. The minimum Gasteiger partial charge on any atom is -0.444 e. The van der Waals surface area contributed by atoms with E-state index in [2.05, 4.69) is 0 Å². The molecular formula is C21H33NO3. The molecule has 0 saturated heterocycles. The van der Waals surface area contributed by atoms with Gasteiger partial charge in [0.25, 0.3) is 0 Å². The maximum atomic E-state index is 12.6. The van der Waals surface area contributed by atoms with E-state index < -0.39 is 5.60 Å². The molecule has 0 radical (unpaired) electrons. The monoisotopic (exact) mass is 347 g/mol. The van der Waals surface area contributed by atoms with Gasteiger partial charge in [0, 0.05) is 13.1 Å². The molecule has 4 nitrogen and oxygen atoms in total. The standard InChI is InChI=1S/C21H33NO3/c1-21(2,3)25-20(24)22(16-17-10-5-4-6-11-17)15-9-13-18-12-7-8-14-19(18)23/h4-6,10-11,18-19,23H,7-9,12-16H2,1-3H3/t18-,19-/m1/s1. The number of amides is 1. The number of carbonyl (C=O) groups is 1. The quantitative estimate of drug-likeness (QED) is 0.807. The summed E-state index contributed by atoms with van der Waals surface area (Å²) in [6, 6.07) is 10.0. The van der Waals surface area contributed by atoms with E-state index in [1.807, 2.05) is 51.1 Å². The molecule has 1 fully saturated rings. The van der Waals surface area contributed by atoms with Crippen LogP contribution in [0.1, 0.15) is 64.9 Å². The Morgan fingerprint density at radius 3 is 2.52 bits per heavy atom. The SMILES string of the molecule is CC(C)(C)OC(=O)N(CCC[C@H]1CCCC[C@H]1O)Cc1ccccc1. The lowest BCUT2D eigenvalue weighted by atomic mass is 9.83. The first-order chi connectivity index (χ1) is 11.8. The highest BCUT2D eigenvalue weighted by Gasteiger charge is 2.25. The first kappa shape index (κ1) is 19.8. The van der Waals surface area contributed by atoms with Crippen LogP contribution in [0.15, 0.2) is 30.3 Å². The topological polar surface area (TPSA) is 49.8 Å². The third-order valence-corrected chi connectivity index (χ3v) is 4.74. The van der Waals surface area contributed by atoms with E-state index >= 15 is 0 Å². The van der Waals surface area contributed by atoms with Gasteiger partial charge < -0.3 is 14.7 Å². The summed E-state index contributed by atoms with van der Waals surface area (Å²) in [4.78, 5) is 14.4. The van der Waals surface area contributed by atoms with Crippen LogP contribution in [-0.2, 0) is 11.3 Å². The number of ether oxygens (including phenoxy) is 1. The molecule has 0 heterocycles. The van der Waals surface area contributed by atoms with Crippen molar-refractivity contribution in [2.75, 3.05) is 6.54 Å². The summed E-state index contributed by atoms with van der Waals surface area (Å²) < 4.78 is 5.57. The summed E-state index contributed by atoms with van der Waals surface area (Å²) in [6.45, 7) is 6.90. The molecule has 1 aromatic carbocycles. The zero-order chi connectivity index (χ0) is 18.3. The van der Waals surface area contributed by atoms with Gasteiger partial charge in [-0.1, -0.05) is 43.2 Å². The molecule has 2 rings (SSSR count). The molecule has 1 aromatic rings. The maximum absolute atomic E-state index is 12.6. The minimum atomic E-state index is -0.494. The smallest absolute Gasteiger partial charge is 0.410 e.